The summed E-state index contributed by atoms with van der Waals surface area (Å²) in [5.41, 5.74) is 7.34. The maximum absolute atomic E-state index is 5.84. The van der Waals surface area contributed by atoms with Gasteiger partial charge in [-0.1, -0.05) is 5.16 Å². The van der Waals surface area contributed by atoms with Crippen LogP contribution in [-0.2, 0) is 0 Å². The van der Waals surface area contributed by atoms with Crippen molar-refractivity contribution in [2.75, 3.05) is 19.5 Å². The van der Waals surface area contributed by atoms with Gasteiger partial charge in [-0.15, -0.1) is 0 Å². The Morgan fingerprint density at radius 3 is 2.85 bits per heavy atom. The second kappa shape index (κ2) is 5.36. The highest BCUT2D eigenvalue weighted by Gasteiger charge is 2.23. The zero-order valence-corrected chi connectivity index (χ0v) is 12.6. The molecule has 1 heterocycles. The van der Waals surface area contributed by atoms with Crippen LogP contribution in [0, 0.1) is 5.92 Å². The fourth-order valence-electron chi connectivity index (χ4n) is 1.97. The van der Waals surface area contributed by atoms with Crippen molar-refractivity contribution in [2.24, 2.45) is 5.92 Å². The Balaban J connectivity index is 1.94. The fraction of sp³-hybridized carbons (Fsp3) is 0.357. The number of aromatic nitrogens is 1. The number of methoxy groups -OCH3 is 1. The summed E-state index contributed by atoms with van der Waals surface area (Å²) in [4.78, 5) is 0. The first kappa shape index (κ1) is 13.3. The molecule has 5 nitrogen and oxygen atoms in total. The van der Waals surface area contributed by atoms with Crippen molar-refractivity contribution < 1.29 is 14.0 Å². The second-order valence-corrected chi connectivity index (χ2v) is 5.70. The van der Waals surface area contributed by atoms with Crippen LogP contribution < -0.4 is 15.2 Å². The van der Waals surface area contributed by atoms with E-state index in [4.69, 9.17) is 19.7 Å². The van der Waals surface area contributed by atoms with Gasteiger partial charge in [0.1, 0.15) is 0 Å². The van der Waals surface area contributed by atoms with Crippen LogP contribution in [0.15, 0.2) is 27.3 Å². The molecule has 0 unspecified atom stereocenters. The summed E-state index contributed by atoms with van der Waals surface area (Å²) < 4.78 is 17.0. The van der Waals surface area contributed by atoms with Crippen LogP contribution in [0.4, 0.5) is 5.88 Å². The van der Waals surface area contributed by atoms with E-state index in [1.807, 2.05) is 12.1 Å². The maximum Gasteiger partial charge on any atom is 0.229 e. The zero-order chi connectivity index (χ0) is 14.1. The van der Waals surface area contributed by atoms with E-state index in [0.29, 0.717) is 11.7 Å². The summed E-state index contributed by atoms with van der Waals surface area (Å²) in [6.07, 6.45) is 4.08. The molecule has 106 valence electrons. The molecule has 2 N–H and O–H groups in total. The van der Waals surface area contributed by atoms with Crippen LogP contribution in [0.25, 0.3) is 11.1 Å². The summed E-state index contributed by atoms with van der Waals surface area (Å²) >= 11 is 3.52. The molecule has 0 radical (unpaired) electrons. The Labute approximate surface area is 125 Å². The molecular weight excluding hydrogens is 324 g/mol. The van der Waals surface area contributed by atoms with E-state index in [-0.39, 0.29) is 5.88 Å². The molecule has 0 spiro atoms. The molecule has 1 fully saturated rings. The summed E-state index contributed by atoms with van der Waals surface area (Å²) in [5, 5.41) is 3.69. The lowest BCUT2D eigenvalue weighted by Crippen LogP contribution is -2.02. The predicted molar refractivity (Wildman–Crippen MR) is 78.8 cm³/mol. The molecule has 0 atom stereocenters. The van der Waals surface area contributed by atoms with E-state index in [1.54, 1.807) is 13.3 Å². The van der Waals surface area contributed by atoms with Gasteiger partial charge < -0.3 is 19.7 Å². The van der Waals surface area contributed by atoms with Gasteiger partial charge in [0, 0.05) is 0 Å². The number of anilines is 1. The van der Waals surface area contributed by atoms with Crippen LogP contribution in [-0.4, -0.2) is 18.9 Å². The van der Waals surface area contributed by atoms with Crippen molar-refractivity contribution in [2.45, 2.75) is 12.8 Å². The van der Waals surface area contributed by atoms with Gasteiger partial charge in [0.05, 0.1) is 29.9 Å². The molecule has 0 amide bonds. The predicted octanol–water partition coefficient (Wildman–Crippen LogP) is 3.48. The van der Waals surface area contributed by atoms with Crippen LogP contribution >= 0.6 is 15.9 Å². The lowest BCUT2D eigenvalue weighted by Gasteiger charge is -2.13. The highest BCUT2D eigenvalue weighted by atomic mass is 79.9. The Bertz CT molecular complexity index is 623. The summed E-state index contributed by atoms with van der Waals surface area (Å²) in [6, 6.07) is 3.80. The van der Waals surface area contributed by atoms with Gasteiger partial charge in [-0.3, -0.25) is 0 Å². The number of nitrogen functional groups attached to an aromatic ring is 1. The number of hydrogen-bond acceptors (Lipinski definition) is 5. The number of ether oxygens (including phenoxy) is 2. The van der Waals surface area contributed by atoms with Crippen LogP contribution in [0.2, 0.25) is 0 Å². The van der Waals surface area contributed by atoms with E-state index in [1.165, 1.54) is 12.8 Å². The smallest absolute Gasteiger partial charge is 0.229 e. The van der Waals surface area contributed by atoms with E-state index >= 15 is 0 Å². The Kier molecular flexibility index (Phi) is 3.56. The van der Waals surface area contributed by atoms with Gasteiger partial charge in [0.25, 0.3) is 0 Å². The molecular formula is C14H15BrN2O3. The molecule has 0 aliphatic heterocycles. The van der Waals surface area contributed by atoms with E-state index in [0.717, 1.165) is 28.0 Å². The molecule has 0 saturated heterocycles. The first-order valence-corrected chi connectivity index (χ1v) is 7.19. The minimum atomic E-state index is 0.283. The van der Waals surface area contributed by atoms with E-state index in [9.17, 15) is 0 Å². The molecule has 1 aliphatic carbocycles. The van der Waals surface area contributed by atoms with Crippen molar-refractivity contribution in [3.63, 3.8) is 0 Å². The second-order valence-electron chi connectivity index (χ2n) is 4.85. The zero-order valence-electron chi connectivity index (χ0n) is 11.1. The molecule has 20 heavy (non-hydrogen) atoms. The van der Waals surface area contributed by atoms with Crippen molar-refractivity contribution in [1.82, 2.24) is 5.16 Å². The summed E-state index contributed by atoms with van der Waals surface area (Å²) in [5.74, 6) is 2.35. The number of benzene rings is 1. The Hall–Kier alpha value is -1.69. The summed E-state index contributed by atoms with van der Waals surface area (Å²) in [7, 11) is 1.62. The van der Waals surface area contributed by atoms with Gasteiger partial charge >= 0.3 is 0 Å². The van der Waals surface area contributed by atoms with Gasteiger partial charge in [-0.2, -0.15) is 0 Å². The minimum Gasteiger partial charge on any atom is -0.493 e. The number of nitrogens with zero attached hydrogens (tertiary/aromatic N) is 1. The average molecular weight is 339 g/mol. The molecule has 1 aromatic heterocycles. The molecule has 1 aliphatic rings. The highest BCUT2D eigenvalue weighted by molar-refractivity contribution is 9.10. The molecule has 0 bridgehead atoms. The third-order valence-corrected chi connectivity index (χ3v) is 3.89. The molecule has 1 saturated carbocycles. The van der Waals surface area contributed by atoms with Gasteiger partial charge in [0.15, 0.2) is 11.5 Å². The van der Waals surface area contributed by atoms with Gasteiger partial charge in [0.2, 0.25) is 5.88 Å². The molecule has 2 aromatic rings. The third-order valence-electron chi connectivity index (χ3n) is 3.30. The van der Waals surface area contributed by atoms with Crippen LogP contribution in [0.1, 0.15) is 12.8 Å². The van der Waals surface area contributed by atoms with Crippen LogP contribution in [0.3, 0.4) is 0 Å². The highest BCUT2D eigenvalue weighted by Crippen LogP contribution is 2.42. The molecule has 3 rings (SSSR count). The number of nitrogens with two attached hydrogens (primary N) is 1. The van der Waals surface area contributed by atoms with Gasteiger partial charge in [-0.25, -0.2) is 0 Å². The molecule has 6 heteroatoms. The van der Waals surface area contributed by atoms with E-state index < -0.39 is 0 Å². The topological polar surface area (TPSA) is 70.5 Å². The lowest BCUT2D eigenvalue weighted by molar-refractivity contribution is 0.278. The van der Waals surface area contributed by atoms with Crippen molar-refractivity contribution in [3.8, 4) is 22.6 Å². The third kappa shape index (κ3) is 2.60. The SMILES string of the molecule is COc1cc(-c2cnoc2N)cc(Br)c1OCC1CC1. The Morgan fingerprint density at radius 2 is 2.25 bits per heavy atom. The van der Waals surface area contributed by atoms with Crippen LogP contribution in [0.5, 0.6) is 11.5 Å². The monoisotopic (exact) mass is 338 g/mol. The Morgan fingerprint density at radius 1 is 1.45 bits per heavy atom. The van der Waals surface area contributed by atoms with Crippen molar-refractivity contribution in [1.29, 1.82) is 0 Å². The maximum atomic E-state index is 5.84. The first-order valence-electron chi connectivity index (χ1n) is 6.40. The minimum absolute atomic E-state index is 0.283. The quantitative estimate of drug-likeness (QED) is 0.903. The number of rotatable bonds is 5. The lowest BCUT2D eigenvalue weighted by atomic mass is 10.1. The van der Waals surface area contributed by atoms with E-state index in [2.05, 4.69) is 21.1 Å². The largest absolute Gasteiger partial charge is 0.493 e. The molecule has 1 aromatic carbocycles. The summed E-state index contributed by atoms with van der Waals surface area (Å²) in [6.45, 7) is 0.726. The first-order chi connectivity index (χ1) is 9.69. The van der Waals surface area contributed by atoms with Gasteiger partial charge in [-0.05, 0) is 52.4 Å². The average Bonchev–Trinajstić information content (AvgIpc) is 3.17. The van der Waals surface area contributed by atoms with Crippen molar-refractivity contribution >= 4 is 21.8 Å². The standard InChI is InChI=1S/C14H15BrN2O3/c1-18-12-5-9(10-6-17-20-14(10)16)4-11(15)13(12)19-7-8-2-3-8/h4-6,8H,2-3,7,16H2,1H3. The number of hydrogen-bond donors (Lipinski definition) is 1. The normalized spacial score (nSPS) is 14.3. The fourth-order valence-corrected chi connectivity index (χ4v) is 2.52. The van der Waals surface area contributed by atoms with Crippen molar-refractivity contribution in [3.05, 3.63) is 22.8 Å². The number of halogens is 1.